The van der Waals surface area contributed by atoms with Gasteiger partial charge in [-0.15, -0.1) is 0 Å². The van der Waals surface area contributed by atoms with Gasteiger partial charge in [0.2, 0.25) is 5.91 Å². The summed E-state index contributed by atoms with van der Waals surface area (Å²) in [7, 11) is 0. The van der Waals surface area contributed by atoms with E-state index in [1.807, 2.05) is 11.8 Å². The molecule has 1 amide bonds. The molecule has 6 nitrogen and oxygen atoms in total. The van der Waals surface area contributed by atoms with Gasteiger partial charge in [0.1, 0.15) is 6.04 Å². The van der Waals surface area contributed by atoms with E-state index in [1.165, 1.54) is 6.42 Å². The van der Waals surface area contributed by atoms with Gasteiger partial charge in [-0.1, -0.05) is 19.3 Å². The van der Waals surface area contributed by atoms with Gasteiger partial charge >= 0.3 is 5.97 Å². The number of aliphatic carboxylic acids is 1. The summed E-state index contributed by atoms with van der Waals surface area (Å²) >= 11 is 0. The third-order valence-corrected chi connectivity index (χ3v) is 4.68. The second-order valence-electron chi connectivity index (χ2n) is 6.14. The molecule has 2 fully saturated rings. The van der Waals surface area contributed by atoms with Crippen LogP contribution in [-0.2, 0) is 9.59 Å². The second-order valence-corrected chi connectivity index (χ2v) is 6.14. The first kappa shape index (κ1) is 16.2. The zero-order valence-corrected chi connectivity index (χ0v) is 12.7. The fourth-order valence-electron chi connectivity index (χ4n) is 3.61. The molecular formula is C15H26N2O4. The van der Waals surface area contributed by atoms with Gasteiger partial charge in [0.25, 0.3) is 0 Å². The van der Waals surface area contributed by atoms with E-state index < -0.39 is 18.1 Å². The highest BCUT2D eigenvalue weighted by atomic mass is 16.4. The highest BCUT2D eigenvalue weighted by Gasteiger charge is 2.38. The number of likely N-dealkylation sites (tertiary alicyclic amines) is 1. The van der Waals surface area contributed by atoms with Crippen molar-refractivity contribution in [1.29, 1.82) is 0 Å². The van der Waals surface area contributed by atoms with Gasteiger partial charge in [-0.3, -0.25) is 14.5 Å². The van der Waals surface area contributed by atoms with E-state index in [0.717, 1.165) is 25.7 Å². The Morgan fingerprint density at radius 2 is 1.90 bits per heavy atom. The van der Waals surface area contributed by atoms with E-state index in [4.69, 9.17) is 0 Å². The summed E-state index contributed by atoms with van der Waals surface area (Å²) in [4.78, 5) is 27.2. The van der Waals surface area contributed by atoms with Gasteiger partial charge in [-0.25, -0.2) is 0 Å². The molecule has 120 valence electrons. The first-order valence-corrected chi connectivity index (χ1v) is 7.97. The molecule has 2 rings (SSSR count). The topological polar surface area (TPSA) is 81.1 Å². The number of aliphatic hydroxyl groups excluding tert-OH is 1. The number of nitrogens with zero attached hydrogens (tertiary/aromatic N) is 2. The molecule has 0 radical (unpaired) electrons. The Labute approximate surface area is 125 Å². The van der Waals surface area contributed by atoms with Crippen molar-refractivity contribution in [2.75, 3.05) is 19.6 Å². The fraction of sp³-hybridized carbons (Fsp3) is 0.867. The van der Waals surface area contributed by atoms with Gasteiger partial charge in [0.15, 0.2) is 0 Å². The number of carbonyl (C=O) groups excluding carboxylic acids is 1. The van der Waals surface area contributed by atoms with E-state index in [1.54, 1.807) is 4.90 Å². The predicted octanol–water partition coefficient (Wildman–Crippen LogP) is 0.687. The molecule has 2 aliphatic rings. The van der Waals surface area contributed by atoms with Crippen LogP contribution in [0.2, 0.25) is 0 Å². The van der Waals surface area contributed by atoms with Crippen LogP contribution in [0.25, 0.3) is 0 Å². The van der Waals surface area contributed by atoms with Gasteiger partial charge in [-0.2, -0.15) is 0 Å². The van der Waals surface area contributed by atoms with Gasteiger partial charge < -0.3 is 15.1 Å². The van der Waals surface area contributed by atoms with Crippen molar-refractivity contribution in [2.24, 2.45) is 0 Å². The smallest absolute Gasteiger partial charge is 0.321 e. The van der Waals surface area contributed by atoms with Crippen molar-refractivity contribution in [2.45, 2.75) is 63.6 Å². The third-order valence-electron chi connectivity index (χ3n) is 4.68. The maximum atomic E-state index is 12.5. The number of β-amino-alcohol motifs (C(OH)–C–C–N with tert-alkyl or cyclic N) is 1. The van der Waals surface area contributed by atoms with Crippen molar-refractivity contribution in [3.8, 4) is 0 Å². The zero-order chi connectivity index (χ0) is 15.4. The number of amides is 1. The molecule has 2 atom stereocenters. The number of hydrogen-bond acceptors (Lipinski definition) is 4. The van der Waals surface area contributed by atoms with Crippen molar-refractivity contribution in [1.82, 2.24) is 9.80 Å². The number of likely N-dealkylation sites (N-methyl/N-ethyl adjacent to an activating group) is 1. The van der Waals surface area contributed by atoms with E-state index in [-0.39, 0.29) is 25.4 Å². The molecule has 21 heavy (non-hydrogen) atoms. The van der Waals surface area contributed by atoms with Crippen molar-refractivity contribution in [3.05, 3.63) is 0 Å². The van der Waals surface area contributed by atoms with Gasteiger partial charge in [0, 0.05) is 25.6 Å². The van der Waals surface area contributed by atoms with Gasteiger partial charge in [-0.05, 0) is 19.8 Å². The summed E-state index contributed by atoms with van der Waals surface area (Å²) in [5.41, 5.74) is 0. The fourth-order valence-corrected chi connectivity index (χ4v) is 3.61. The highest BCUT2D eigenvalue weighted by molar-refractivity contribution is 5.80. The standard InChI is InChI=1S/C15H26N2O4/c1-2-17(11-6-4-3-5-7-11)14(19)10-16-9-12(18)8-13(16)15(20)21/h11-13,18H,2-10H2,1H3,(H,20,21). The summed E-state index contributed by atoms with van der Waals surface area (Å²) in [6, 6.07) is -0.443. The molecule has 0 spiro atoms. The lowest BCUT2D eigenvalue weighted by Crippen LogP contribution is -2.48. The monoisotopic (exact) mass is 298 g/mol. The van der Waals surface area contributed by atoms with Gasteiger partial charge in [0.05, 0.1) is 12.6 Å². The Kier molecular flexibility index (Phi) is 5.58. The van der Waals surface area contributed by atoms with Crippen LogP contribution in [-0.4, -0.2) is 69.7 Å². The Balaban J connectivity index is 1.96. The van der Waals surface area contributed by atoms with Crippen molar-refractivity contribution in [3.63, 3.8) is 0 Å². The van der Waals surface area contributed by atoms with Crippen LogP contribution in [0.15, 0.2) is 0 Å². The molecule has 1 saturated heterocycles. The average molecular weight is 298 g/mol. The highest BCUT2D eigenvalue weighted by Crippen LogP contribution is 2.24. The number of carboxylic acid groups (broad SMARTS) is 1. The molecule has 2 unspecified atom stereocenters. The molecule has 6 heteroatoms. The van der Waals surface area contributed by atoms with Crippen LogP contribution in [0.5, 0.6) is 0 Å². The minimum Gasteiger partial charge on any atom is -0.480 e. The molecule has 1 aliphatic heterocycles. The van der Waals surface area contributed by atoms with Crippen molar-refractivity contribution >= 4 is 11.9 Å². The minimum atomic E-state index is -0.958. The van der Waals surface area contributed by atoms with E-state index in [9.17, 15) is 19.8 Å². The number of carbonyl (C=O) groups is 2. The average Bonchev–Trinajstić information content (AvgIpc) is 2.82. The number of hydrogen-bond donors (Lipinski definition) is 2. The quantitative estimate of drug-likeness (QED) is 0.780. The Morgan fingerprint density at radius 1 is 1.24 bits per heavy atom. The van der Waals surface area contributed by atoms with E-state index in [2.05, 4.69) is 0 Å². The lowest BCUT2D eigenvalue weighted by Gasteiger charge is -2.35. The van der Waals surface area contributed by atoms with E-state index in [0.29, 0.717) is 12.6 Å². The summed E-state index contributed by atoms with van der Waals surface area (Å²) in [6.07, 6.45) is 5.21. The summed E-state index contributed by atoms with van der Waals surface area (Å²) < 4.78 is 0. The Morgan fingerprint density at radius 3 is 2.48 bits per heavy atom. The SMILES string of the molecule is CCN(C(=O)CN1CC(O)CC1C(=O)O)C1CCCCC1. The summed E-state index contributed by atoms with van der Waals surface area (Å²) in [6.45, 7) is 3.00. The molecule has 0 aromatic carbocycles. The molecule has 1 heterocycles. The van der Waals surface area contributed by atoms with Crippen LogP contribution < -0.4 is 0 Å². The van der Waals surface area contributed by atoms with Crippen LogP contribution in [0, 0.1) is 0 Å². The predicted molar refractivity (Wildman–Crippen MR) is 77.9 cm³/mol. The molecule has 2 N–H and O–H groups in total. The zero-order valence-electron chi connectivity index (χ0n) is 12.7. The minimum absolute atomic E-state index is 0.00949. The molecule has 0 aromatic heterocycles. The molecule has 0 aromatic rings. The van der Waals surface area contributed by atoms with Crippen LogP contribution in [0.3, 0.4) is 0 Å². The maximum absolute atomic E-state index is 12.5. The normalized spacial score (nSPS) is 27.7. The number of rotatable bonds is 5. The van der Waals surface area contributed by atoms with Crippen LogP contribution in [0.4, 0.5) is 0 Å². The van der Waals surface area contributed by atoms with Crippen LogP contribution >= 0.6 is 0 Å². The first-order valence-electron chi connectivity index (χ1n) is 7.97. The lowest BCUT2D eigenvalue weighted by atomic mass is 9.94. The number of carboxylic acids is 1. The number of aliphatic hydroxyl groups is 1. The summed E-state index contributed by atoms with van der Waals surface area (Å²) in [5, 5.41) is 18.8. The first-order chi connectivity index (χ1) is 10.0. The second kappa shape index (κ2) is 7.22. The largest absolute Gasteiger partial charge is 0.480 e. The van der Waals surface area contributed by atoms with Crippen molar-refractivity contribution < 1.29 is 19.8 Å². The molecule has 0 bridgehead atoms. The molecule has 1 aliphatic carbocycles. The lowest BCUT2D eigenvalue weighted by molar-refractivity contribution is -0.144. The van der Waals surface area contributed by atoms with E-state index >= 15 is 0 Å². The Bertz CT molecular complexity index is 382. The maximum Gasteiger partial charge on any atom is 0.321 e. The third kappa shape index (κ3) is 3.95. The molecule has 1 saturated carbocycles. The molecular weight excluding hydrogens is 272 g/mol. The van der Waals surface area contributed by atoms with Crippen LogP contribution in [0.1, 0.15) is 45.4 Å². The summed E-state index contributed by atoms with van der Waals surface area (Å²) in [5.74, 6) is -0.968. The Hall–Kier alpha value is -1.14.